The van der Waals surface area contributed by atoms with Crippen LogP contribution in [0.25, 0.3) is 22.3 Å². The SMILES string of the molecule is C.OOO.[2H]c1c([2H])c(-c2c([2H])c([2H])c(-c3ccc(C(=O)N[C@@H]4C(=O)N[C@@](C)([C@H](O)CC)C(=O)N5C[C@H](O)C[C@@]5(C)C(=O)N[C@@H]([C@H](O)[C@@H](O)c5ccc(O)c(C)c5C)C(=O)N[C@@H]([C@H](O)CC)C(=O)N5C(C)[C@](C)(C(C)C)[C@H](O)[C@H]5C(=O)N[C@H](OO)[C@H](O)C4C)c(C)c3)c(C)c2[2H])c(C)c([2H])c1OC(C)CC(C)CC.[HH].[HH].[HH].[HH].[HH].[HH].[HH].[HH].[HH].[HH].[HH].[HH].[HH].[HH].[HH].[HH].[HH].[HH].[HH].[HH].[HH].[HH].[HH].[HH].[HH].[HH].[HH].[HH].[HH].[HH].[HH].[HH].[HH].[HH].[HH].[HH].[HH].[HH].[HH].[HH].[HH].[HH].[HH].[HH].[HH].[HH].[HH].[HH].[HH].[HH].[HH].[HH].[HH].[HH].[HH].[HH].[HH].[HH].[HH].[HH].[HH].[HH].[HH].[HH].[HH].[HH].[HH].[HH].[HH].[HH].[HH].[HH].[HH].[HH].[HH].[HH].[HH].[HH].[HH].[HH].[HH].[HH].[HH].[HH].[HH].[HH].[HH].[HH].[HH].[HH].[HH].[HH].[HH].[HH].[HH].[HH].[HH].[HH].[HH].[HH].[HH].[HH].[HH].[HH].[HH].[HH].[HH].[HH].[HH].[HH].[HH].[HH].[HH].[HH].[HH].[HH].[HH].[HH].[HH].[HH].[HH].[HH].[HH].[HH].[HH].[HH].[HH].[HH].[HH].[HH].[HH].[HH].[HH].[HH].[HH].[HH].[HH].[HH].[HH].[HH].[HH].[HH].[HH].[HH].[HH].[HH].[HH].[HH].[HH].[HH].[HH].[HH].[HH].[HH].[HH].[HH].[HH].[HH].[HH].[HH].[HH].[HH].[HH].[HH].[HH].[HH].[HH].[HH].[HH].[HH].[HH].[HH].[HH].[HH].[HH].[HH].[HH].[HH].[HH].[HH].[HH].[HH].[HH].[HH].[HH].[HH].[HH].[HH].[HH].[HH].[HH].[HH].[HH].[HH].[HH].[HH].[HH].[HH].[HH].[HH].[HH].[HH].[HH].[HH].[HH].[HH].[HH].[HH].[HH].[HH].[HH].[HH].[HH].[HH].[HH].[HH].[HH].[HH].[HH].[HH].[HH].[HH].[HH].[HH].[HH].[HH].[HH].[HH].[HH].[HH].[HH]. The van der Waals surface area contributed by atoms with E-state index in [0.29, 0.717) is 6.42 Å². The number of rotatable bonds is 18. The number of ether oxygens (including phenoxy) is 1. The van der Waals surface area contributed by atoms with Crippen molar-refractivity contribution < 1.29 is 443 Å². The van der Waals surface area contributed by atoms with Crippen molar-refractivity contribution in [3.8, 4) is 33.8 Å². The second kappa shape index (κ2) is 35.4. The molecule has 3 heterocycles. The highest BCUT2D eigenvalue weighted by Crippen LogP contribution is 2.47. The molecule has 0 radical (unpaired) electrons. The third-order valence-electron chi connectivity index (χ3n) is 21.4. The number of amides is 7. The van der Waals surface area contributed by atoms with E-state index in [-0.39, 0.29) is 441 Å². The Hall–Kier alpha value is -7.71. The summed E-state index contributed by atoms with van der Waals surface area (Å²) in [4.78, 5) is 114. The van der Waals surface area contributed by atoms with E-state index in [4.69, 9.17) is 24.3 Å². The van der Waals surface area contributed by atoms with E-state index in [1.54, 1.807) is 20.8 Å². The molecule has 7 rings (SSSR count). The van der Waals surface area contributed by atoms with Crippen molar-refractivity contribution in [2.24, 2.45) is 23.2 Å². The van der Waals surface area contributed by atoms with Crippen molar-refractivity contribution >= 4 is 41.4 Å². The van der Waals surface area contributed by atoms with Crippen LogP contribution in [0.2, 0.25) is 0 Å². The fourth-order valence-corrected chi connectivity index (χ4v) is 13.9. The van der Waals surface area contributed by atoms with Crippen molar-refractivity contribution in [1.29, 1.82) is 0 Å². The molecule has 28 nitrogen and oxygen atoms in total. The Morgan fingerprint density at radius 2 is 1.37 bits per heavy atom. The predicted octanol–water partition coefficient (Wildman–Crippen LogP) is 62.4. The van der Waals surface area contributed by atoms with Gasteiger partial charge in [-0.25, -0.2) is 20.7 Å². The second-order valence-electron chi connectivity index (χ2n) is 28.3. The lowest BCUT2D eigenvalue weighted by molar-refractivity contribution is -0.465. The monoisotopic (exact) mass is 1920 g/mol. The smallest absolute Gasteiger partial charge is 0.252 e. The molecule has 3 aliphatic heterocycles. The highest BCUT2D eigenvalue weighted by molar-refractivity contribution is 6.03. The van der Waals surface area contributed by atoms with Gasteiger partial charge in [0.15, 0.2) is 6.23 Å². The first-order valence-corrected chi connectivity index (χ1v) is 34.2. The maximum Gasteiger partial charge on any atom is 0.252 e. The number of hydrogen-bond donors (Lipinski definition) is 16. The summed E-state index contributed by atoms with van der Waals surface area (Å²) in [7, 11) is 0. The molecule has 0 aromatic heterocycles. The average molecular weight is 1920 g/mol. The predicted molar refractivity (Wildman–Crippen MR) is 871 cm³/mol. The summed E-state index contributed by atoms with van der Waals surface area (Å²) >= 11 is 0. The minimum absolute atomic E-state index is 0. The Labute approximate surface area is 954 Å². The van der Waals surface area contributed by atoms with Gasteiger partial charge in [-0.2, -0.15) is 0 Å². The van der Waals surface area contributed by atoms with Gasteiger partial charge in [-0.05, 0) is 173 Å². The lowest BCUT2D eigenvalue weighted by atomic mass is 9.71. The summed E-state index contributed by atoms with van der Waals surface area (Å²) in [6, 6.07) is -5.53. The molecule has 0 saturated carbocycles. The molecule has 103 heavy (non-hydrogen) atoms. The zero-order valence-electron chi connectivity index (χ0n) is 66.8. The number of phenolic OH excluding ortho intramolecular Hbond substituents is 1. The molecule has 19 atom stereocenters. The molecule has 3 saturated heterocycles. The van der Waals surface area contributed by atoms with Gasteiger partial charge >= 0.3 is 0 Å². The molecule has 3 aliphatic rings. The number of aliphatic hydroxyl groups excluding tert-OH is 7. The van der Waals surface area contributed by atoms with Crippen molar-refractivity contribution in [2.75, 3.05) is 6.54 Å². The number of aryl methyl sites for hydroxylation is 1. The molecule has 3 fully saturated rings. The summed E-state index contributed by atoms with van der Waals surface area (Å²) in [6.45, 7) is 25.3. The van der Waals surface area contributed by atoms with E-state index >= 15 is 33.6 Å². The van der Waals surface area contributed by atoms with E-state index in [1.807, 2.05) is 20.8 Å². The number of nitrogens with one attached hydrogen (secondary N) is 5. The highest BCUT2D eigenvalue weighted by atomic mass is 17.4. The number of benzene rings is 4. The van der Waals surface area contributed by atoms with Crippen molar-refractivity contribution in [3.05, 3.63) is 106 Å². The summed E-state index contributed by atoms with van der Waals surface area (Å²) < 4.78 is 61.3. The first kappa shape index (κ1) is 76.4. The quantitative estimate of drug-likeness (QED) is 0.0325. The van der Waals surface area contributed by atoms with Crippen molar-refractivity contribution in [3.63, 3.8) is 0 Å². The number of carbonyl (C=O) groups is 7. The zero-order valence-corrected chi connectivity index (χ0v) is 60.8. The van der Waals surface area contributed by atoms with Crippen LogP contribution >= 0.6 is 0 Å². The Kier molecular flexibility index (Phi) is 26.3. The first-order valence-electron chi connectivity index (χ1n) is 37.2. The maximum absolute atomic E-state index is 15.6. The Morgan fingerprint density at radius 1 is 0.757 bits per heavy atom. The molecule has 4 aromatic carbocycles. The fraction of sp³-hybridized carbons (Fsp3) is 0.587. The Bertz CT molecular complexity index is 4240. The van der Waals surface area contributed by atoms with Gasteiger partial charge in [0.05, 0.1) is 38.7 Å². The van der Waals surface area contributed by atoms with E-state index in [2.05, 4.69) is 31.6 Å². The summed E-state index contributed by atoms with van der Waals surface area (Å²) in [5, 5.41) is 133. The van der Waals surface area contributed by atoms with Crippen LogP contribution in [-0.2, 0) is 38.7 Å². The van der Waals surface area contributed by atoms with Crippen LogP contribution in [0.5, 0.6) is 11.5 Å². The van der Waals surface area contributed by atoms with Crippen LogP contribution in [0.4, 0.5) is 0 Å². The van der Waals surface area contributed by atoms with Crippen molar-refractivity contribution in [1.82, 2.24) is 36.4 Å². The molecule has 28 heteroatoms. The molecule has 4 unspecified atom stereocenters. The third kappa shape index (κ3) is 17.8. The molecule has 0 spiro atoms. The summed E-state index contributed by atoms with van der Waals surface area (Å²) in [5.41, 5.74) is -5.59. The Balaban J connectivity index is -0.00000000240. The van der Waals surface area contributed by atoms with Gasteiger partial charge in [-0.1, -0.05) is 117 Å². The van der Waals surface area contributed by atoms with E-state index < -0.39 is 192 Å². The van der Waals surface area contributed by atoms with Crippen LogP contribution in [0.3, 0.4) is 0 Å². The van der Waals surface area contributed by atoms with Crippen LogP contribution in [0, 0.1) is 57.8 Å². The number of nitrogens with zero attached hydrogens (tertiary/aromatic N) is 2. The fourth-order valence-electron chi connectivity index (χ4n) is 13.9. The molecule has 0 aliphatic carbocycles. The van der Waals surface area contributed by atoms with Crippen LogP contribution < -0.4 is 31.3 Å². The number of aromatic hydroxyl groups is 1. The van der Waals surface area contributed by atoms with Crippen molar-refractivity contribution in [2.45, 2.75) is 254 Å². The normalized spacial score (nSPS) is 29.3. The van der Waals surface area contributed by atoms with Crippen LogP contribution in [0.15, 0.2) is 66.6 Å². The Morgan fingerprint density at radius 3 is 1.95 bits per heavy atom. The van der Waals surface area contributed by atoms with Gasteiger partial charge in [-0.15, -0.1) is 0 Å². The minimum Gasteiger partial charge on any atom is -0.508 e. The zero-order chi connectivity index (χ0) is 81.9. The third-order valence-corrected chi connectivity index (χ3v) is 21.4. The van der Waals surface area contributed by atoms with Gasteiger partial charge in [-0.3, -0.25) is 33.6 Å². The lowest BCUT2D eigenvalue weighted by Crippen LogP contribution is -2.71. The lowest BCUT2D eigenvalue weighted by Gasteiger charge is -2.43. The summed E-state index contributed by atoms with van der Waals surface area (Å²) in [5.74, 6) is -11.4. The molecule has 1034 valence electrons. The van der Waals surface area contributed by atoms with E-state index in [1.165, 1.54) is 85.7 Å². The molecule has 0 bridgehead atoms. The molecular formula is C75H573N7O21. The number of fused-ring (bicyclic) bond motifs is 2. The number of carbonyl (C=O) groups excluding carboxylic acids is 7. The summed E-state index contributed by atoms with van der Waals surface area (Å²) in [6.07, 6.45) is -16.5. The molecule has 16 N–H and O–H groups in total. The first-order chi connectivity index (χ1) is 50.2. The number of hydrogen-bond acceptors (Lipinski definition) is 21. The largest absolute Gasteiger partial charge is 0.508 e. The molecule has 7 amide bonds. The van der Waals surface area contributed by atoms with Gasteiger partial charge in [0.25, 0.3) is 11.8 Å². The van der Waals surface area contributed by atoms with Crippen LogP contribution in [0.1, 0.15) is 510 Å². The van der Waals surface area contributed by atoms with Crippen LogP contribution in [-0.4, -0.2) is 205 Å². The van der Waals surface area contributed by atoms with E-state index in [0.717, 1.165) is 37.0 Å². The second-order valence-corrected chi connectivity index (χ2v) is 28.3. The minimum atomic E-state index is -2.60. The van der Waals surface area contributed by atoms with Gasteiger partial charge in [0, 0.05) is 365 Å². The average Bonchev–Trinajstić information content (AvgIpc) is 1.57. The van der Waals surface area contributed by atoms with E-state index in [9.17, 15) is 50.2 Å². The highest BCUT2D eigenvalue weighted by Gasteiger charge is 2.62. The number of β-amino-alcohol motifs (C(OH)–C–C–N with tert-alkyl or cyclic N) is 1. The van der Waals surface area contributed by atoms with Gasteiger partial charge in [0.2, 0.25) is 29.5 Å². The topological polar surface area (TPSA) is 436 Å². The van der Waals surface area contributed by atoms with Gasteiger partial charge < -0.3 is 82.0 Å². The molecular weight excluding hydrogens is 1330 g/mol. The number of phenols is 1. The maximum atomic E-state index is 15.6. The number of aliphatic hydroxyl groups is 7. The molecule has 4 aromatic rings. The van der Waals surface area contributed by atoms with Gasteiger partial charge in [0.1, 0.15) is 65.1 Å². The standard InChI is InChI=1S/C74H105N7O18.CH4.H2O3.231H2/c1-18-36(6)29-40(10)98-48-23-26-50(39(9)32-48)45-21-24-49(37(7)30-45)46-22-25-51(38(8)31-46)64(90)75-56-43(13)60(86)68(99-97)78-67(93)59-63(89)73(16,35(4)5)44(14)81(59)69(94)57(53(83)19-2)76-65(91)58(62(88)61(87)52-27-28-54(84)42(12)41(52)11)77-70(95)72(15)33-47(82)34-80(72)71(96)74(17,55(85)20-3)79-66(56)92;;1-3-2;;;;;;;;;;;;;;;;;;;;;;;;;;;;;;;;;;;;;;;;;;;;;;;;;;;;;;;;;;;;;;;;;;;;;;;;;;;;;;;;;;;;;;;;;;;;;;;;;;;;;;;;;;;;;;;;;;;;;;;;;;;;;;;;;;;;;;;;;;;;;;;;;;;;;;;;;;;;;;;;;;;;;;;;;;;;;;;;;;;;;;;;;;;;;;;;;;;;;;;;;;;;;;;;;;;;;;;;;;;;;;;;;;;;;;;/h21-28,30-32,35-36,40,43-44,47,53,55-63,68,82-89,97H,18-20,29,33-34H2,1-17H3,(H,75,90)(H,76,91)(H,77,95)(H,78,93)(H,79,92);1H4;1-2H;231*1H/t36?,40?,43?,44?,47-,53-,55-,56+,57+,58+,59+,60-,61+,62+,63-,68-,72+,73+,74+;;;;;;;;;;;;;;;;;;;;;;;;;;;;;;;;;;;;;;;;;;;;;;;;;;;;;;;;;;;;;;;;;;;;;;;;;;;;;;;;;;;;;;;;;;;;;;;;;;;;;;;;;;;;;;;;;;;;;;;;;;;;;;;;;;;;;;;;;;;;;;;;;;;;;;;;;;;;;;;;;;;;;;;;;;;;;;;;;;;;;;;;;;;;;;;;;;;;;;;;;;;;;;;;;;;;;;;;;;;;;;;;;;;;;;;;;/m1........................................................................................................................................................................................................................................./s1/i21D,23D,24D,26D,30D,32D;;;;;;;;;;;;;;;;;;;;;;;;;;;;;;;;;;;;;;;;;;;;;;;;;;;;;;;;;;;;;;;;;;;;;;;;;;;;;;;;;;;;;;;;;;;;;;;;;;;;;;;;;;;;;;;;;;;;;;;;;;;;;;;;;;;;;;;;;;;;;;;;;;;;;;;;;;;;;;;;;;;;;;;;;;;;;;;;;;;;;;;;;;;;;;;;;;;;;;;;;;;;;;;;;;;;;;;;;;;;;;;;;;;;;;;;;.